The highest BCUT2D eigenvalue weighted by molar-refractivity contribution is 14.1. The molecule has 20 heavy (non-hydrogen) atoms. The number of carbonyl (C=O) groups excluding carboxylic acids is 1. The van der Waals surface area contributed by atoms with Crippen LogP contribution in [0.15, 0.2) is 48.5 Å². The first-order valence-corrected chi connectivity index (χ1v) is 6.94. The van der Waals surface area contributed by atoms with Crippen LogP contribution < -0.4 is 10.1 Å². The number of para-hydroxylation sites is 1. The number of hydrogen-bond acceptors (Lipinski definition) is 3. The summed E-state index contributed by atoms with van der Waals surface area (Å²) in [4.78, 5) is 11.8. The van der Waals surface area contributed by atoms with Gasteiger partial charge in [0.25, 0.3) is 5.91 Å². The first-order chi connectivity index (χ1) is 9.69. The molecule has 0 spiro atoms. The number of benzene rings is 2. The summed E-state index contributed by atoms with van der Waals surface area (Å²) in [5, 5.41) is 11.6. The van der Waals surface area contributed by atoms with E-state index in [2.05, 4.69) is 27.9 Å². The number of hydrogen-bond donors (Lipinski definition) is 1. The van der Waals surface area contributed by atoms with Gasteiger partial charge in [-0.2, -0.15) is 5.26 Å². The zero-order valence-corrected chi connectivity index (χ0v) is 12.6. The maximum Gasteiger partial charge on any atom is 0.262 e. The number of nitriles is 1. The van der Waals surface area contributed by atoms with Crippen LogP contribution in [0.25, 0.3) is 0 Å². The average Bonchev–Trinajstić information content (AvgIpc) is 2.48. The minimum absolute atomic E-state index is 0.0974. The van der Waals surface area contributed by atoms with E-state index in [-0.39, 0.29) is 12.5 Å². The minimum atomic E-state index is -0.239. The molecule has 1 amide bonds. The topological polar surface area (TPSA) is 62.1 Å². The fourth-order valence-corrected chi connectivity index (χ4v) is 2.08. The highest BCUT2D eigenvalue weighted by atomic mass is 127. The van der Waals surface area contributed by atoms with Crippen molar-refractivity contribution in [1.82, 2.24) is 0 Å². The third kappa shape index (κ3) is 3.96. The minimum Gasteiger partial charge on any atom is -0.484 e. The summed E-state index contributed by atoms with van der Waals surface area (Å²) in [6, 6.07) is 16.2. The maximum absolute atomic E-state index is 11.8. The molecule has 0 bridgehead atoms. The van der Waals surface area contributed by atoms with Crippen LogP contribution in [0.2, 0.25) is 0 Å². The van der Waals surface area contributed by atoms with Gasteiger partial charge < -0.3 is 10.1 Å². The number of rotatable bonds is 4. The van der Waals surface area contributed by atoms with Gasteiger partial charge in [-0.05, 0) is 52.9 Å². The summed E-state index contributed by atoms with van der Waals surface area (Å²) in [7, 11) is 0. The fraction of sp³-hybridized carbons (Fsp3) is 0.0667. The first-order valence-electron chi connectivity index (χ1n) is 5.86. The molecule has 0 saturated carbocycles. The number of carbonyl (C=O) groups is 1. The molecule has 0 aliphatic rings. The van der Waals surface area contributed by atoms with Crippen LogP contribution in [0.5, 0.6) is 5.75 Å². The van der Waals surface area contributed by atoms with E-state index in [0.29, 0.717) is 11.3 Å². The Hall–Kier alpha value is -2.07. The summed E-state index contributed by atoms with van der Waals surface area (Å²) >= 11 is 2.15. The van der Waals surface area contributed by atoms with Crippen LogP contribution in [0.1, 0.15) is 5.56 Å². The van der Waals surface area contributed by atoms with Crippen molar-refractivity contribution in [2.45, 2.75) is 0 Å². The second-order valence-corrected chi connectivity index (χ2v) is 5.12. The number of halogens is 1. The third-order valence-corrected chi connectivity index (χ3v) is 3.42. The Labute approximate surface area is 130 Å². The second kappa shape index (κ2) is 6.91. The predicted molar refractivity (Wildman–Crippen MR) is 84.4 cm³/mol. The molecule has 0 saturated heterocycles. The van der Waals surface area contributed by atoms with Gasteiger partial charge in [0.2, 0.25) is 0 Å². The molecular formula is C15H11IN2O2. The molecule has 2 aromatic carbocycles. The number of amides is 1. The van der Waals surface area contributed by atoms with Gasteiger partial charge in [0.15, 0.2) is 6.61 Å². The summed E-state index contributed by atoms with van der Waals surface area (Å²) in [6.45, 7) is -0.0974. The molecule has 0 aliphatic carbocycles. The number of anilines is 1. The Morgan fingerprint density at radius 3 is 2.80 bits per heavy atom. The van der Waals surface area contributed by atoms with E-state index in [1.54, 1.807) is 24.3 Å². The lowest BCUT2D eigenvalue weighted by atomic mass is 10.2. The van der Waals surface area contributed by atoms with Crippen molar-refractivity contribution in [1.29, 1.82) is 5.26 Å². The van der Waals surface area contributed by atoms with Crippen molar-refractivity contribution in [3.8, 4) is 11.8 Å². The standard InChI is InChI=1S/C15H11IN2O2/c16-13-6-1-2-7-14(13)18-15(19)10-20-12-5-3-4-11(8-12)9-17/h1-8H,10H2,(H,18,19). The van der Waals surface area contributed by atoms with Crippen LogP contribution in [0.4, 0.5) is 5.69 Å². The molecular weight excluding hydrogens is 367 g/mol. The van der Waals surface area contributed by atoms with Gasteiger partial charge in [-0.1, -0.05) is 18.2 Å². The summed E-state index contributed by atoms with van der Waals surface area (Å²) in [6.07, 6.45) is 0. The van der Waals surface area contributed by atoms with Gasteiger partial charge >= 0.3 is 0 Å². The molecule has 0 unspecified atom stereocenters. The first kappa shape index (κ1) is 14.3. The largest absolute Gasteiger partial charge is 0.484 e. The Kier molecular flexibility index (Phi) is 4.96. The fourth-order valence-electron chi connectivity index (χ4n) is 1.55. The van der Waals surface area contributed by atoms with E-state index < -0.39 is 0 Å². The van der Waals surface area contributed by atoms with E-state index in [0.717, 1.165) is 9.26 Å². The lowest BCUT2D eigenvalue weighted by molar-refractivity contribution is -0.118. The number of nitrogens with zero attached hydrogens (tertiary/aromatic N) is 1. The van der Waals surface area contributed by atoms with Crippen LogP contribution in [0.3, 0.4) is 0 Å². The van der Waals surface area contributed by atoms with Crippen molar-refractivity contribution in [3.05, 3.63) is 57.7 Å². The molecule has 0 radical (unpaired) electrons. The summed E-state index contributed by atoms with van der Waals surface area (Å²) < 4.78 is 6.32. The monoisotopic (exact) mass is 378 g/mol. The van der Waals surface area contributed by atoms with Crippen LogP contribution >= 0.6 is 22.6 Å². The van der Waals surface area contributed by atoms with Gasteiger partial charge in [0.05, 0.1) is 17.3 Å². The molecule has 4 nitrogen and oxygen atoms in total. The van der Waals surface area contributed by atoms with Crippen molar-refractivity contribution in [2.75, 3.05) is 11.9 Å². The third-order valence-electron chi connectivity index (χ3n) is 2.48. The highest BCUT2D eigenvalue weighted by Crippen LogP contribution is 2.17. The summed E-state index contributed by atoms with van der Waals surface area (Å²) in [5.74, 6) is 0.262. The van der Waals surface area contributed by atoms with E-state index in [9.17, 15) is 4.79 Å². The van der Waals surface area contributed by atoms with E-state index in [4.69, 9.17) is 10.00 Å². The number of ether oxygens (including phenoxy) is 1. The molecule has 100 valence electrons. The van der Waals surface area contributed by atoms with E-state index in [1.165, 1.54) is 0 Å². The average molecular weight is 378 g/mol. The highest BCUT2D eigenvalue weighted by Gasteiger charge is 2.06. The smallest absolute Gasteiger partial charge is 0.262 e. The van der Waals surface area contributed by atoms with Crippen molar-refractivity contribution >= 4 is 34.2 Å². The molecule has 0 aliphatic heterocycles. The maximum atomic E-state index is 11.8. The molecule has 5 heteroatoms. The van der Waals surface area contributed by atoms with E-state index >= 15 is 0 Å². The Balaban J connectivity index is 1.93. The van der Waals surface area contributed by atoms with Crippen molar-refractivity contribution in [3.63, 3.8) is 0 Å². The zero-order chi connectivity index (χ0) is 14.4. The molecule has 0 aromatic heterocycles. The quantitative estimate of drug-likeness (QED) is 0.832. The van der Waals surface area contributed by atoms with Crippen LogP contribution in [-0.2, 0) is 4.79 Å². The van der Waals surface area contributed by atoms with Crippen molar-refractivity contribution < 1.29 is 9.53 Å². The number of nitrogens with one attached hydrogen (secondary N) is 1. The van der Waals surface area contributed by atoms with Crippen molar-refractivity contribution in [2.24, 2.45) is 0 Å². The normalized spacial score (nSPS) is 9.60. The Bertz CT molecular complexity index is 665. The molecule has 0 fully saturated rings. The molecule has 2 aromatic rings. The van der Waals surface area contributed by atoms with Gasteiger partial charge in [-0.3, -0.25) is 4.79 Å². The zero-order valence-electron chi connectivity index (χ0n) is 10.5. The Morgan fingerprint density at radius 1 is 1.25 bits per heavy atom. The molecule has 1 N–H and O–H groups in total. The lowest BCUT2D eigenvalue weighted by Crippen LogP contribution is -2.20. The van der Waals surface area contributed by atoms with Gasteiger partial charge in [-0.25, -0.2) is 0 Å². The SMILES string of the molecule is N#Cc1cccc(OCC(=O)Nc2ccccc2I)c1. The summed E-state index contributed by atoms with van der Waals surface area (Å²) in [5.41, 5.74) is 1.26. The van der Waals surface area contributed by atoms with Gasteiger partial charge in [-0.15, -0.1) is 0 Å². The molecule has 0 atom stereocenters. The molecule has 2 rings (SSSR count). The Morgan fingerprint density at radius 2 is 2.05 bits per heavy atom. The van der Waals surface area contributed by atoms with E-state index in [1.807, 2.05) is 30.3 Å². The van der Waals surface area contributed by atoms with Crippen LogP contribution in [-0.4, -0.2) is 12.5 Å². The second-order valence-electron chi connectivity index (χ2n) is 3.96. The van der Waals surface area contributed by atoms with Crippen LogP contribution in [0, 0.1) is 14.9 Å². The van der Waals surface area contributed by atoms with Gasteiger partial charge in [0.1, 0.15) is 5.75 Å². The predicted octanol–water partition coefficient (Wildman–Crippen LogP) is 3.18. The lowest BCUT2D eigenvalue weighted by Gasteiger charge is -2.08. The van der Waals surface area contributed by atoms with Gasteiger partial charge in [0, 0.05) is 3.57 Å². The molecule has 0 heterocycles.